The molecule has 2 aromatic carbocycles. The van der Waals surface area contributed by atoms with Gasteiger partial charge in [-0.3, -0.25) is 9.69 Å². The zero-order chi connectivity index (χ0) is 25.2. The van der Waals surface area contributed by atoms with Crippen LogP contribution in [-0.2, 0) is 14.8 Å². The molecular weight excluding hydrogens is 484 g/mol. The predicted molar refractivity (Wildman–Crippen MR) is 140 cm³/mol. The first-order valence-corrected chi connectivity index (χ1v) is 14.0. The highest BCUT2D eigenvalue weighted by atomic mass is 32.2. The Morgan fingerprint density at radius 1 is 1.17 bits per heavy atom. The summed E-state index contributed by atoms with van der Waals surface area (Å²) in [6, 6.07) is 11.7. The lowest BCUT2D eigenvalue weighted by Gasteiger charge is -2.29. The number of benzene rings is 2. The summed E-state index contributed by atoms with van der Waals surface area (Å²) in [6.07, 6.45) is 1.12. The van der Waals surface area contributed by atoms with Crippen LogP contribution in [-0.4, -0.2) is 74.9 Å². The highest BCUT2D eigenvalue weighted by Crippen LogP contribution is 2.36. The van der Waals surface area contributed by atoms with E-state index in [4.69, 9.17) is 9.72 Å². The van der Waals surface area contributed by atoms with Crippen LogP contribution < -0.4 is 9.64 Å². The van der Waals surface area contributed by atoms with Crippen molar-refractivity contribution in [1.82, 2.24) is 14.2 Å². The standard InChI is InChI=1S/C25H32N4O4S2/c1-5-33-21-9-6-10-22-23(21)26-25(34-22)28(17-16-27(3)4)24(30)20-8-7-15-29(20)35(31,32)19-13-11-18(2)12-14-19/h6,9-14,20H,5,7-8,15-17H2,1-4H3. The number of ether oxygens (including phenoxy) is 1. The number of hydrogen-bond donors (Lipinski definition) is 0. The van der Waals surface area contributed by atoms with Crippen molar-refractivity contribution >= 4 is 42.6 Å². The van der Waals surface area contributed by atoms with E-state index < -0.39 is 16.1 Å². The van der Waals surface area contributed by atoms with Gasteiger partial charge in [-0.1, -0.05) is 35.1 Å². The summed E-state index contributed by atoms with van der Waals surface area (Å²) in [4.78, 5) is 22.5. The van der Waals surface area contributed by atoms with Crippen LogP contribution in [0.3, 0.4) is 0 Å². The van der Waals surface area contributed by atoms with Crippen LogP contribution in [0.15, 0.2) is 47.4 Å². The minimum atomic E-state index is -3.80. The van der Waals surface area contributed by atoms with Crippen molar-refractivity contribution in [1.29, 1.82) is 0 Å². The van der Waals surface area contributed by atoms with Gasteiger partial charge in [0.1, 0.15) is 17.3 Å². The largest absolute Gasteiger partial charge is 0.492 e. The van der Waals surface area contributed by atoms with Gasteiger partial charge in [-0.05, 0) is 65.0 Å². The lowest BCUT2D eigenvalue weighted by Crippen LogP contribution is -2.49. The molecule has 0 radical (unpaired) electrons. The van der Waals surface area contributed by atoms with E-state index in [1.54, 1.807) is 29.2 Å². The van der Waals surface area contributed by atoms with E-state index >= 15 is 0 Å². The third-order valence-corrected chi connectivity index (χ3v) is 9.02. The molecular formula is C25H32N4O4S2. The zero-order valence-electron chi connectivity index (χ0n) is 20.6. The Labute approximate surface area is 211 Å². The van der Waals surface area contributed by atoms with E-state index in [0.717, 1.165) is 10.3 Å². The fourth-order valence-electron chi connectivity index (χ4n) is 4.20. The summed E-state index contributed by atoms with van der Waals surface area (Å²) in [7, 11) is 0.0879. The van der Waals surface area contributed by atoms with Gasteiger partial charge in [0.05, 0.1) is 16.2 Å². The number of likely N-dealkylation sites (N-methyl/N-ethyl adjacent to an activating group) is 1. The van der Waals surface area contributed by atoms with Gasteiger partial charge in [0, 0.05) is 19.6 Å². The van der Waals surface area contributed by atoms with E-state index in [2.05, 4.69) is 0 Å². The Morgan fingerprint density at radius 3 is 2.60 bits per heavy atom. The van der Waals surface area contributed by atoms with Crippen LogP contribution in [0.5, 0.6) is 5.75 Å². The van der Waals surface area contributed by atoms with E-state index in [9.17, 15) is 13.2 Å². The molecule has 0 N–H and O–H groups in total. The van der Waals surface area contributed by atoms with Gasteiger partial charge in [-0.25, -0.2) is 13.4 Å². The molecule has 1 amide bonds. The number of para-hydroxylation sites is 1. The molecule has 10 heteroatoms. The number of aryl methyl sites for hydroxylation is 1. The minimum absolute atomic E-state index is 0.212. The first-order chi connectivity index (χ1) is 16.7. The van der Waals surface area contributed by atoms with E-state index in [1.807, 2.05) is 51.0 Å². The number of sulfonamides is 1. The molecule has 1 aromatic heterocycles. The normalized spacial score (nSPS) is 16.8. The van der Waals surface area contributed by atoms with Gasteiger partial charge in [0.25, 0.3) is 0 Å². The van der Waals surface area contributed by atoms with E-state index in [-0.39, 0.29) is 10.8 Å². The molecule has 1 fully saturated rings. The lowest BCUT2D eigenvalue weighted by atomic mass is 10.2. The Kier molecular flexibility index (Phi) is 7.75. The molecule has 0 bridgehead atoms. The summed E-state index contributed by atoms with van der Waals surface area (Å²) in [5.41, 5.74) is 1.70. The number of thiazole rings is 1. The number of anilines is 1. The van der Waals surface area contributed by atoms with Crippen molar-refractivity contribution in [2.75, 3.05) is 45.2 Å². The van der Waals surface area contributed by atoms with Gasteiger partial charge in [0.15, 0.2) is 5.13 Å². The molecule has 35 heavy (non-hydrogen) atoms. The molecule has 1 atom stereocenters. The Balaban J connectivity index is 1.69. The van der Waals surface area contributed by atoms with Gasteiger partial charge in [-0.2, -0.15) is 4.31 Å². The molecule has 4 rings (SSSR count). The molecule has 0 saturated carbocycles. The first kappa shape index (κ1) is 25.6. The van der Waals surface area contributed by atoms with Crippen LogP contribution in [0.4, 0.5) is 5.13 Å². The quantitative estimate of drug-likeness (QED) is 0.431. The summed E-state index contributed by atoms with van der Waals surface area (Å²) in [5.74, 6) is 0.439. The predicted octanol–water partition coefficient (Wildman–Crippen LogP) is 3.75. The van der Waals surface area contributed by atoms with Crippen molar-refractivity contribution in [3.63, 3.8) is 0 Å². The van der Waals surface area contributed by atoms with Crippen molar-refractivity contribution < 1.29 is 17.9 Å². The maximum Gasteiger partial charge on any atom is 0.247 e. The fraction of sp³-hybridized carbons (Fsp3) is 0.440. The topological polar surface area (TPSA) is 83.0 Å². The average Bonchev–Trinajstić information content (AvgIpc) is 3.48. The number of amides is 1. The number of carbonyl (C=O) groups is 1. The maximum absolute atomic E-state index is 13.9. The maximum atomic E-state index is 13.9. The van der Waals surface area contributed by atoms with Crippen LogP contribution in [0, 0.1) is 6.92 Å². The molecule has 1 aliphatic heterocycles. The molecule has 2 heterocycles. The SMILES string of the molecule is CCOc1cccc2sc(N(CCN(C)C)C(=O)C3CCCN3S(=O)(=O)c3ccc(C)cc3)nc12. The smallest absolute Gasteiger partial charge is 0.247 e. The minimum Gasteiger partial charge on any atom is -0.492 e. The van der Waals surface area contributed by atoms with Crippen LogP contribution in [0.1, 0.15) is 25.3 Å². The molecule has 1 unspecified atom stereocenters. The van der Waals surface area contributed by atoms with Gasteiger partial charge in [0.2, 0.25) is 15.9 Å². The highest BCUT2D eigenvalue weighted by molar-refractivity contribution is 7.89. The van der Waals surface area contributed by atoms with E-state index in [0.29, 0.717) is 55.5 Å². The first-order valence-electron chi connectivity index (χ1n) is 11.8. The van der Waals surface area contributed by atoms with Crippen molar-refractivity contribution in [3.05, 3.63) is 48.0 Å². The second-order valence-corrected chi connectivity index (χ2v) is 11.8. The lowest BCUT2D eigenvalue weighted by molar-refractivity contribution is -0.121. The Morgan fingerprint density at radius 2 is 1.91 bits per heavy atom. The second kappa shape index (κ2) is 10.6. The van der Waals surface area contributed by atoms with Gasteiger partial charge in [-0.15, -0.1) is 0 Å². The molecule has 8 nitrogen and oxygen atoms in total. The number of aromatic nitrogens is 1. The molecule has 1 aliphatic rings. The van der Waals surface area contributed by atoms with Crippen molar-refractivity contribution in [3.8, 4) is 5.75 Å². The third kappa shape index (κ3) is 5.35. The summed E-state index contributed by atoms with van der Waals surface area (Å²) in [5, 5.41) is 0.554. The number of rotatable bonds is 9. The van der Waals surface area contributed by atoms with Gasteiger partial charge >= 0.3 is 0 Å². The molecule has 3 aromatic rings. The number of hydrogen-bond acceptors (Lipinski definition) is 7. The Hall–Kier alpha value is -2.53. The summed E-state index contributed by atoms with van der Waals surface area (Å²) in [6.45, 7) is 5.70. The number of carbonyl (C=O) groups excluding carboxylic acids is 1. The molecule has 1 saturated heterocycles. The monoisotopic (exact) mass is 516 g/mol. The third-order valence-electron chi connectivity index (χ3n) is 6.05. The zero-order valence-corrected chi connectivity index (χ0v) is 22.2. The van der Waals surface area contributed by atoms with Crippen LogP contribution >= 0.6 is 11.3 Å². The fourth-order valence-corrected chi connectivity index (χ4v) is 6.86. The summed E-state index contributed by atoms with van der Waals surface area (Å²) >= 11 is 1.42. The number of nitrogens with zero attached hydrogens (tertiary/aromatic N) is 4. The van der Waals surface area contributed by atoms with E-state index in [1.165, 1.54) is 15.6 Å². The highest BCUT2D eigenvalue weighted by Gasteiger charge is 2.42. The average molecular weight is 517 g/mol. The Bertz CT molecular complexity index is 1290. The molecule has 188 valence electrons. The molecule has 0 aliphatic carbocycles. The van der Waals surface area contributed by atoms with Gasteiger partial charge < -0.3 is 9.64 Å². The van der Waals surface area contributed by atoms with Crippen molar-refractivity contribution in [2.45, 2.75) is 37.6 Å². The summed E-state index contributed by atoms with van der Waals surface area (Å²) < 4.78 is 34.9. The second-order valence-electron chi connectivity index (χ2n) is 8.91. The van der Waals surface area contributed by atoms with Crippen LogP contribution in [0.25, 0.3) is 10.2 Å². The number of fused-ring (bicyclic) bond motifs is 1. The van der Waals surface area contributed by atoms with Crippen LogP contribution in [0.2, 0.25) is 0 Å². The molecule has 0 spiro atoms. The van der Waals surface area contributed by atoms with Crippen molar-refractivity contribution in [2.24, 2.45) is 0 Å².